The van der Waals surface area contributed by atoms with E-state index >= 15 is 0 Å². The van der Waals surface area contributed by atoms with E-state index in [0.29, 0.717) is 0 Å². The molecule has 0 radical (unpaired) electrons. The smallest absolute Gasteiger partial charge is 0.263 e. The quantitative estimate of drug-likeness (QED) is 0.457. The molecule has 0 saturated carbocycles. The monoisotopic (exact) mass is 413 g/mol. The molecule has 2 heterocycles. The Morgan fingerprint density at radius 2 is 1.65 bits per heavy atom. The number of pyridine rings is 1. The fraction of sp³-hybridized carbons (Fsp3) is 0.130. The standard InChI is InChI=1S/C18H17NO.C5H6N6/c1-3-15-12-14-9-7-8-13(2)17(14)18(20)19(15)16-10-5-4-6-11-16;6-1-2-3(7)10-5(9)11-4(2)8/h4-12H,3H2,1-2H3;(H6,7,8,9,10,11). The average Bonchev–Trinajstić information content (AvgIpc) is 2.74. The number of nitrogens with two attached hydrogens (primary N) is 3. The van der Waals surface area contributed by atoms with Crippen molar-refractivity contribution in [2.45, 2.75) is 20.3 Å². The summed E-state index contributed by atoms with van der Waals surface area (Å²) in [5.41, 5.74) is 18.9. The minimum absolute atomic E-state index is 0.0116. The molecule has 2 aromatic carbocycles. The minimum atomic E-state index is -0.0287. The van der Waals surface area contributed by atoms with Gasteiger partial charge in [0, 0.05) is 11.4 Å². The third kappa shape index (κ3) is 4.31. The van der Waals surface area contributed by atoms with Crippen LogP contribution in [0.2, 0.25) is 0 Å². The summed E-state index contributed by atoms with van der Waals surface area (Å²) in [6.07, 6.45) is 0.827. The third-order valence-electron chi connectivity index (χ3n) is 4.80. The number of aromatic nitrogens is 3. The maximum Gasteiger partial charge on any atom is 0.263 e. The van der Waals surface area contributed by atoms with E-state index in [9.17, 15) is 4.79 Å². The SMILES string of the molecule is CCc1cc2cccc(C)c2c(=O)n1-c1ccccc1.N#Cc1c(N)nc(N)nc1N. The third-order valence-corrected chi connectivity index (χ3v) is 4.80. The predicted octanol–water partition coefficient (Wildman–Crippen LogP) is 2.96. The largest absolute Gasteiger partial charge is 0.382 e. The lowest BCUT2D eigenvalue weighted by Crippen LogP contribution is -2.22. The highest BCUT2D eigenvalue weighted by Crippen LogP contribution is 2.19. The number of nitrogens with zero attached hydrogens (tertiary/aromatic N) is 4. The fourth-order valence-corrected chi connectivity index (χ4v) is 3.34. The normalized spacial score (nSPS) is 10.2. The summed E-state index contributed by atoms with van der Waals surface area (Å²) >= 11 is 0. The summed E-state index contributed by atoms with van der Waals surface area (Å²) in [6.45, 7) is 4.07. The molecule has 0 spiro atoms. The molecule has 0 fully saturated rings. The zero-order valence-corrected chi connectivity index (χ0v) is 17.3. The summed E-state index contributed by atoms with van der Waals surface area (Å²) in [7, 11) is 0. The average molecular weight is 413 g/mol. The van der Waals surface area contributed by atoms with Gasteiger partial charge in [0.2, 0.25) is 5.95 Å². The van der Waals surface area contributed by atoms with Crippen LogP contribution >= 0.6 is 0 Å². The van der Waals surface area contributed by atoms with Crippen molar-refractivity contribution >= 4 is 28.4 Å². The molecule has 0 unspecified atom stereocenters. The summed E-state index contributed by atoms with van der Waals surface area (Å²) in [6, 6.07) is 19.7. The van der Waals surface area contributed by atoms with E-state index in [-0.39, 0.29) is 28.7 Å². The van der Waals surface area contributed by atoms with Gasteiger partial charge in [-0.05, 0) is 42.5 Å². The highest BCUT2D eigenvalue weighted by Gasteiger charge is 2.11. The lowest BCUT2D eigenvalue weighted by atomic mass is 10.1. The lowest BCUT2D eigenvalue weighted by Gasteiger charge is -2.14. The van der Waals surface area contributed by atoms with Gasteiger partial charge in [0.15, 0.2) is 0 Å². The van der Waals surface area contributed by atoms with Crippen LogP contribution < -0.4 is 22.8 Å². The number of nitriles is 1. The second kappa shape index (κ2) is 8.97. The number of para-hydroxylation sites is 1. The van der Waals surface area contributed by atoms with Gasteiger partial charge in [-0.15, -0.1) is 0 Å². The van der Waals surface area contributed by atoms with Crippen LogP contribution in [0.5, 0.6) is 0 Å². The Balaban J connectivity index is 0.000000210. The first kappa shape index (κ1) is 21.3. The van der Waals surface area contributed by atoms with Crippen molar-refractivity contribution in [2.75, 3.05) is 17.2 Å². The number of rotatable bonds is 2. The van der Waals surface area contributed by atoms with Crippen LogP contribution in [0.1, 0.15) is 23.7 Å². The minimum Gasteiger partial charge on any atom is -0.382 e. The molecule has 0 aliphatic heterocycles. The van der Waals surface area contributed by atoms with Crippen LogP contribution in [0, 0.1) is 18.3 Å². The van der Waals surface area contributed by atoms with Crippen molar-refractivity contribution in [3.05, 3.63) is 81.8 Å². The van der Waals surface area contributed by atoms with E-state index in [1.54, 1.807) is 6.07 Å². The summed E-state index contributed by atoms with van der Waals surface area (Å²) in [5.74, 6) is -0.00556. The van der Waals surface area contributed by atoms with Crippen LogP contribution in [0.4, 0.5) is 17.6 Å². The Kier molecular flexibility index (Phi) is 6.17. The van der Waals surface area contributed by atoms with Crippen LogP contribution in [0.25, 0.3) is 16.5 Å². The zero-order chi connectivity index (χ0) is 22.5. The van der Waals surface area contributed by atoms with Gasteiger partial charge in [-0.25, -0.2) is 0 Å². The first-order valence-corrected chi connectivity index (χ1v) is 9.65. The maximum absolute atomic E-state index is 12.9. The molecular weight excluding hydrogens is 390 g/mol. The molecule has 0 amide bonds. The van der Waals surface area contributed by atoms with Gasteiger partial charge in [0.25, 0.3) is 5.56 Å². The Morgan fingerprint density at radius 1 is 1.00 bits per heavy atom. The van der Waals surface area contributed by atoms with E-state index in [4.69, 9.17) is 22.5 Å². The number of anilines is 3. The first-order valence-electron chi connectivity index (χ1n) is 9.65. The number of hydrogen-bond donors (Lipinski definition) is 3. The van der Waals surface area contributed by atoms with Gasteiger partial charge in [-0.3, -0.25) is 9.36 Å². The van der Waals surface area contributed by atoms with Crippen LogP contribution in [0.3, 0.4) is 0 Å². The topological polar surface area (TPSA) is 150 Å². The highest BCUT2D eigenvalue weighted by molar-refractivity contribution is 5.85. The molecule has 0 bridgehead atoms. The molecule has 31 heavy (non-hydrogen) atoms. The molecule has 4 rings (SSSR count). The van der Waals surface area contributed by atoms with Gasteiger partial charge >= 0.3 is 0 Å². The Bertz CT molecular complexity index is 1320. The Hall–Kier alpha value is -4.38. The molecular formula is C23H23N7O. The zero-order valence-electron chi connectivity index (χ0n) is 17.3. The van der Waals surface area contributed by atoms with Crippen molar-refractivity contribution in [3.8, 4) is 11.8 Å². The maximum atomic E-state index is 12.9. The number of nitrogen functional groups attached to an aromatic ring is 3. The number of fused-ring (bicyclic) bond motifs is 1. The fourth-order valence-electron chi connectivity index (χ4n) is 3.34. The van der Waals surface area contributed by atoms with E-state index < -0.39 is 0 Å². The van der Waals surface area contributed by atoms with Crippen molar-refractivity contribution in [2.24, 2.45) is 0 Å². The van der Waals surface area contributed by atoms with Crippen LogP contribution in [-0.4, -0.2) is 14.5 Å². The molecule has 0 aliphatic rings. The molecule has 2 aromatic heterocycles. The van der Waals surface area contributed by atoms with E-state index in [1.165, 1.54) is 0 Å². The van der Waals surface area contributed by atoms with Gasteiger partial charge in [-0.2, -0.15) is 15.2 Å². The molecule has 6 N–H and O–H groups in total. The van der Waals surface area contributed by atoms with Gasteiger partial charge < -0.3 is 17.2 Å². The summed E-state index contributed by atoms with van der Waals surface area (Å²) in [4.78, 5) is 20.0. The second-order valence-corrected chi connectivity index (χ2v) is 6.84. The molecule has 156 valence electrons. The molecule has 0 atom stereocenters. The van der Waals surface area contributed by atoms with E-state index in [1.807, 2.05) is 60.0 Å². The van der Waals surface area contributed by atoms with Gasteiger partial charge in [0.05, 0.1) is 5.39 Å². The van der Waals surface area contributed by atoms with Crippen molar-refractivity contribution in [3.63, 3.8) is 0 Å². The number of benzene rings is 2. The highest BCUT2D eigenvalue weighted by atomic mass is 16.1. The Labute approximate surface area is 179 Å². The second-order valence-electron chi connectivity index (χ2n) is 6.84. The van der Waals surface area contributed by atoms with Crippen LogP contribution in [-0.2, 0) is 6.42 Å². The molecule has 4 aromatic rings. The van der Waals surface area contributed by atoms with E-state index in [2.05, 4.69) is 23.0 Å². The predicted molar refractivity (Wildman–Crippen MR) is 124 cm³/mol. The summed E-state index contributed by atoms with van der Waals surface area (Å²) < 4.78 is 1.83. The van der Waals surface area contributed by atoms with Gasteiger partial charge in [0.1, 0.15) is 23.3 Å². The molecule has 0 aliphatic carbocycles. The summed E-state index contributed by atoms with van der Waals surface area (Å²) in [5, 5.41) is 10.3. The van der Waals surface area contributed by atoms with Crippen LogP contribution in [0.15, 0.2) is 59.4 Å². The molecule has 8 nitrogen and oxygen atoms in total. The lowest BCUT2D eigenvalue weighted by molar-refractivity contribution is 0.888. The number of hydrogen-bond acceptors (Lipinski definition) is 7. The molecule has 8 heteroatoms. The Morgan fingerprint density at radius 3 is 2.23 bits per heavy atom. The van der Waals surface area contributed by atoms with Crippen molar-refractivity contribution in [1.82, 2.24) is 14.5 Å². The molecule has 0 saturated heterocycles. The van der Waals surface area contributed by atoms with Gasteiger partial charge in [-0.1, -0.05) is 43.3 Å². The number of aryl methyl sites for hydroxylation is 2. The van der Waals surface area contributed by atoms with E-state index in [0.717, 1.165) is 34.1 Å². The first-order chi connectivity index (χ1) is 14.9. The van der Waals surface area contributed by atoms with Crippen molar-refractivity contribution < 1.29 is 0 Å². The van der Waals surface area contributed by atoms with Crippen molar-refractivity contribution in [1.29, 1.82) is 5.26 Å².